The van der Waals surface area contributed by atoms with Gasteiger partial charge in [-0.3, -0.25) is 4.79 Å². The van der Waals surface area contributed by atoms with Crippen LogP contribution in [0.3, 0.4) is 0 Å². The third kappa shape index (κ3) is 5.93. The van der Waals surface area contributed by atoms with Crippen molar-refractivity contribution in [1.82, 2.24) is 15.1 Å². The molecule has 0 radical (unpaired) electrons. The molecule has 1 saturated heterocycles. The molecule has 0 bridgehead atoms. The van der Waals surface area contributed by atoms with Crippen molar-refractivity contribution >= 4 is 34.1 Å². The largest absolute Gasteiger partial charge is 0.360 e. The molecule has 2 aromatic rings. The number of anilines is 1. The molecule has 1 fully saturated rings. The highest BCUT2D eigenvalue weighted by molar-refractivity contribution is 8.01. The lowest BCUT2D eigenvalue weighted by atomic mass is 10.0. The number of carbonyl (C=O) groups is 1. The van der Waals surface area contributed by atoms with Gasteiger partial charge in [0.2, 0.25) is 11.0 Å². The summed E-state index contributed by atoms with van der Waals surface area (Å²) < 4.78 is 0.846. The van der Waals surface area contributed by atoms with Crippen LogP contribution in [0.25, 0.3) is 0 Å². The zero-order valence-electron chi connectivity index (χ0n) is 16.9. The van der Waals surface area contributed by atoms with Gasteiger partial charge in [0.05, 0.1) is 31.9 Å². The predicted molar refractivity (Wildman–Crippen MR) is 116 cm³/mol. The second-order valence-corrected chi connectivity index (χ2v) is 9.60. The summed E-state index contributed by atoms with van der Waals surface area (Å²) in [5.41, 5.74) is 2.77. The molecule has 6 nitrogen and oxygen atoms in total. The molecule has 0 saturated carbocycles. The number of piperazine rings is 1. The van der Waals surface area contributed by atoms with Crippen molar-refractivity contribution in [3.05, 3.63) is 35.4 Å². The van der Waals surface area contributed by atoms with Gasteiger partial charge in [0.25, 0.3) is 0 Å². The van der Waals surface area contributed by atoms with Gasteiger partial charge >= 0.3 is 0 Å². The van der Waals surface area contributed by atoms with Gasteiger partial charge in [-0.25, -0.2) is 0 Å². The Morgan fingerprint density at radius 2 is 1.96 bits per heavy atom. The van der Waals surface area contributed by atoms with Crippen molar-refractivity contribution < 1.29 is 9.69 Å². The molecule has 8 heteroatoms. The highest BCUT2D eigenvalue weighted by Crippen LogP contribution is 2.25. The van der Waals surface area contributed by atoms with E-state index in [4.69, 9.17) is 0 Å². The van der Waals surface area contributed by atoms with Crippen LogP contribution in [0.4, 0.5) is 5.13 Å². The van der Waals surface area contributed by atoms with Crippen LogP contribution in [-0.4, -0.2) is 59.5 Å². The Labute approximate surface area is 175 Å². The Kier molecular flexibility index (Phi) is 7.70. The highest BCUT2D eigenvalue weighted by Gasteiger charge is 2.24. The minimum Gasteiger partial charge on any atom is -0.360 e. The molecule has 3 rings (SSSR count). The van der Waals surface area contributed by atoms with E-state index in [0.717, 1.165) is 48.7 Å². The number of amides is 1. The Morgan fingerprint density at radius 1 is 1.25 bits per heavy atom. The molecule has 0 spiro atoms. The number of thioether (sulfide) groups is 1. The number of carbonyl (C=O) groups excluding carboxylic acids is 1. The van der Waals surface area contributed by atoms with E-state index in [1.54, 1.807) is 4.90 Å². The average Bonchev–Trinajstić information content (AvgIpc) is 3.15. The first-order valence-electron chi connectivity index (χ1n) is 9.95. The van der Waals surface area contributed by atoms with E-state index in [2.05, 4.69) is 53.6 Å². The number of rotatable bonds is 8. The van der Waals surface area contributed by atoms with Crippen LogP contribution >= 0.6 is 23.1 Å². The van der Waals surface area contributed by atoms with Gasteiger partial charge in [-0.1, -0.05) is 61.2 Å². The van der Waals surface area contributed by atoms with E-state index in [1.807, 2.05) is 11.8 Å². The number of nitrogens with zero attached hydrogens (tertiary/aromatic N) is 3. The minimum atomic E-state index is 0.200. The summed E-state index contributed by atoms with van der Waals surface area (Å²) in [6, 6.07) is 8.98. The summed E-state index contributed by atoms with van der Waals surface area (Å²) >= 11 is 2.99. The standard InChI is InChI=1S/C20H29N5OS2/c1-4-21-19-22-23-20(28-19)27-14-18(26)25-11-9-24(10-12-25)13-16-5-7-17(8-6-16)15(2)3/h5-8,15H,4,9-14H2,1-3H3,(H,21,22)/p+1. The van der Waals surface area contributed by atoms with Gasteiger partial charge in [-0.15, -0.1) is 10.2 Å². The molecule has 0 aliphatic carbocycles. The summed E-state index contributed by atoms with van der Waals surface area (Å²) in [7, 11) is 0. The molecule has 1 amide bonds. The maximum absolute atomic E-state index is 12.5. The maximum atomic E-state index is 12.5. The minimum absolute atomic E-state index is 0.200. The smallest absolute Gasteiger partial charge is 0.233 e. The Hall–Kier alpha value is -1.64. The van der Waals surface area contributed by atoms with E-state index in [-0.39, 0.29) is 5.91 Å². The molecular formula is C20H30N5OS2+. The molecule has 2 N–H and O–H groups in total. The molecule has 152 valence electrons. The van der Waals surface area contributed by atoms with Gasteiger partial charge in [0.1, 0.15) is 6.54 Å². The van der Waals surface area contributed by atoms with Crippen LogP contribution in [0.1, 0.15) is 37.8 Å². The summed E-state index contributed by atoms with van der Waals surface area (Å²) in [4.78, 5) is 16.0. The predicted octanol–water partition coefficient (Wildman–Crippen LogP) is 2.11. The fraction of sp³-hybridized carbons (Fsp3) is 0.550. The van der Waals surface area contributed by atoms with Crippen LogP contribution in [0.15, 0.2) is 28.6 Å². The molecule has 1 aliphatic rings. The van der Waals surface area contributed by atoms with E-state index < -0.39 is 0 Å². The lowest BCUT2D eigenvalue weighted by molar-refractivity contribution is -0.917. The van der Waals surface area contributed by atoms with Crippen LogP contribution < -0.4 is 10.2 Å². The molecule has 0 unspecified atom stereocenters. The third-order valence-electron chi connectivity index (χ3n) is 4.98. The Bertz CT molecular complexity index is 754. The molecule has 1 aromatic carbocycles. The summed E-state index contributed by atoms with van der Waals surface area (Å²) in [5.74, 6) is 1.21. The highest BCUT2D eigenvalue weighted by atomic mass is 32.2. The zero-order valence-corrected chi connectivity index (χ0v) is 18.5. The molecule has 28 heavy (non-hydrogen) atoms. The van der Waals surface area contributed by atoms with Gasteiger partial charge in [0.15, 0.2) is 4.34 Å². The number of nitrogens with one attached hydrogen (secondary N) is 2. The number of quaternary nitrogens is 1. The summed E-state index contributed by atoms with van der Waals surface area (Å²) in [6.07, 6.45) is 0. The fourth-order valence-corrected chi connectivity index (χ4v) is 4.99. The van der Waals surface area contributed by atoms with E-state index >= 15 is 0 Å². The van der Waals surface area contributed by atoms with Crippen LogP contribution in [0.5, 0.6) is 0 Å². The lowest BCUT2D eigenvalue weighted by Gasteiger charge is -2.32. The van der Waals surface area contributed by atoms with E-state index in [0.29, 0.717) is 11.7 Å². The summed E-state index contributed by atoms with van der Waals surface area (Å²) in [5, 5.41) is 12.2. The van der Waals surface area contributed by atoms with Crippen molar-refractivity contribution in [1.29, 1.82) is 0 Å². The first-order valence-corrected chi connectivity index (χ1v) is 11.8. The van der Waals surface area contributed by atoms with Crippen molar-refractivity contribution in [3.8, 4) is 0 Å². The summed E-state index contributed by atoms with van der Waals surface area (Å²) in [6.45, 7) is 12.0. The van der Waals surface area contributed by atoms with Gasteiger partial charge < -0.3 is 15.1 Å². The quantitative estimate of drug-likeness (QED) is 0.641. The Balaban J connectivity index is 1.40. The second kappa shape index (κ2) is 10.2. The van der Waals surface area contributed by atoms with Crippen LogP contribution in [-0.2, 0) is 11.3 Å². The monoisotopic (exact) mass is 420 g/mol. The number of aromatic nitrogens is 2. The number of benzene rings is 1. The van der Waals surface area contributed by atoms with E-state index in [1.165, 1.54) is 34.2 Å². The first-order chi connectivity index (χ1) is 13.5. The normalized spacial score (nSPS) is 15.2. The first kappa shape index (κ1) is 21.1. The van der Waals surface area contributed by atoms with Crippen molar-refractivity contribution in [2.24, 2.45) is 0 Å². The lowest BCUT2D eigenvalue weighted by Crippen LogP contribution is -3.13. The molecular weight excluding hydrogens is 390 g/mol. The van der Waals surface area contributed by atoms with Crippen molar-refractivity contribution in [2.45, 2.75) is 37.6 Å². The average molecular weight is 421 g/mol. The van der Waals surface area contributed by atoms with Crippen molar-refractivity contribution in [3.63, 3.8) is 0 Å². The SMILES string of the molecule is CCNc1nnc(SCC(=O)N2CC[NH+](Cc3ccc(C(C)C)cc3)CC2)s1. The third-order valence-corrected chi connectivity index (χ3v) is 6.98. The number of hydrogen-bond donors (Lipinski definition) is 2. The molecule has 1 aliphatic heterocycles. The van der Waals surface area contributed by atoms with Crippen LogP contribution in [0, 0.1) is 0 Å². The molecule has 0 atom stereocenters. The topological polar surface area (TPSA) is 62.6 Å². The number of hydrogen-bond acceptors (Lipinski definition) is 6. The van der Waals surface area contributed by atoms with E-state index in [9.17, 15) is 4.79 Å². The molecule has 2 heterocycles. The van der Waals surface area contributed by atoms with Crippen molar-refractivity contribution in [2.75, 3.05) is 43.8 Å². The molecule has 1 aromatic heterocycles. The second-order valence-electron chi connectivity index (χ2n) is 7.40. The van der Waals surface area contributed by atoms with Gasteiger partial charge in [0, 0.05) is 12.1 Å². The van der Waals surface area contributed by atoms with Gasteiger partial charge in [-0.05, 0) is 18.4 Å². The van der Waals surface area contributed by atoms with Gasteiger partial charge in [-0.2, -0.15) is 0 Å². The maximum Gasteiger partial charge on any atom is 0.233 e. The zero-order chi connectivity index (χ0) is 19.9. The fourth-order valence-electron chi connectivity index (χ4n) is 3.26. The van der Waals surface area contributed by atoms with Crippen LogP contribution in [0.2, 0.25) is 0 Å². The Morgan fingerprint density at radius 3 is 2.61 bits per heavy atom.